The normalized spacial score (nSPS) is 10.9. The lowest BCUT2D eigenvalue weighted by Gasteiger charge is -2.13. The minimum Gasteiger partial charge on any atom is -0.493 e. The first-order valence-corrected chi connectivity index (χ1v) is 8.93. The highest BCUT2D eigenvalue weighted by Gasteiger charge is 2.07. The first-order chi connectivity index (χ1) is 13.5. The van der Waals surface area contributed by atoms with Crippen LogP contribution in [0.5, 0.6) is 11.5 Å². The minimum absolute atomic E-state index is 0.112. The zero-order valence-electron chi connectivity index (χ0n) is 16.7. The van der Waals surface area contributed by atoms with Crippen molar-refractivity contribution in [3.8, 4) is 11.5 Å². The molecule has 0 saturated carbocycles. The van der Waals surface area contributed by atoms with Gasteiger partial charge in [0, 0.05) is 32.8 Å². The average molecular weight is 385 g/mol. The number of carbonyl (C=O) groups excluding carboxylic acids is 1. The minimum atomic E-state index is -0.112. The molecule has 2 aromatic rings. The molecule has 1 aromatic heterocycles. The van der Waals surface area contributed by atoms with E-state index in [1.54, 1.807) is 33.5 Å². The smallest absolute Gasteiger partial charge is 0.227 e. The topological polar surface area (TPSA) is 96.9 Å². The number of aryl methyl sites for hydroxylation is 1. The molecular formula is C20H27N5O3. The van der Waals surface area contributed by atoms with Crippen LogP contribution >= 0.6 is 0 Å². The molecule has 0 atom stereocenters. The number of ether oxygens (including phenoxy) is 2. The maximum absolute atomic E-state index is 12.0. The monoisotopic (exact) mass is 385 g/mol. The number of pyridine rings is 1. The highest BCUT2D eigenvalue weighted by molar-refractivity contribution is 5.90. The fraction of sp³-hybridized carbons (Fsp3) is 0.350. The Balaban J connectivity index is 1.76. The molecule has 1 heterocycles. The fourth-order valence-corrected chi connectivity index (χ4v) is 2.44. The van der Waals surface area contributed by atoms with Crippen LogP contribution in [0.15, 0.2) is 41.5 Å². The lowest BCUT2D eigenvalue weighted by atomic mass is 10.2. The Labute approximate surface area is 165 Å². The van der Waals surface area contributed by atoms with Crippen LogP contribution in [0.3, 0.4) is 0 Å². The Bertz CT molecular complexity index is 806. The van der Waals surface area contributed by atoms with Crippen molar-refractivity contribution in [2.75, 3.05) is 33.1 Å². The lowest BCUT2D eigenvalue weighted by molar-refractivity contribution is -0.116. The van der Waals surface area contributed by atoms with Crippen molar-refractivity contribution < 1.29 is 14.3 Å². The molecule has 150 valence electrons. The van der Waals surface area contributed by atoms with E-state index in [2.05, 4.69) is 25.9 Å². The number of amides is 1. The summed E-state index contributed by atoms with van der Waals surface area (Å²) in [6, 6.07) is 9.39. The molecule has 8 nitrogen and oxygen atoms in total. The molecule has 0 aliphatic heterocycles. The number of hydrogen-bond acceptors (Lipinski definition) is 5. The van der Waals surface area contributed by atoms with Gasteiger partial charge in [-0.15, -0.1) is 0 Å². The number of benzene rings is 1. The summed E-state index contributed by atoms with van der Waals surface area (Å²) in [5, 5.41) is 9.09. The van der Waals surface area contributed by atoms with Crippen LogP contribution in [0.2, 0.25) is 0 Å². The molecule has 0 unspecified atom stereocenters. The number of aliphatic imine (C=N–C) groups is 1. The van der Waals surface area contributed by atoms with Gasteiger partial charge in [0.05, 0.1) is 14.2 Å². The molecule has 3 N–H and O–H groups in total. The van der Waals surface area contributed by atoms with E-state index in [4.69, 9.17) is 9.47 Å². The van der Waals surface area contributed by atoms with E-state index in [0.717, 1.165) is 11.1 Å². The quantitative estimate of drug-likeness (QED) is 0.476. The molecule has 0 spiro atoms. The number of nitrogens with zero attached hydrogens (tertiary/aromatic N) is 2. The summed E-state index contributed by atoms with van der Waals surface area (Å²) in [5.41, 5.74) is 2.06. The van der Waals surface area contributed by atoms with Crippen LogP contribution in [0.25, 0.3) is 0 Å². The van der Waals surface area contributed by atoms with Crippen LogP contribution in [-0.4, -0.2) is 44.7 Å². The van der Waals surface area contributed by atoms with E-state index in [-0.39, 0.29) is 5.91 Å². The average Bonchev–Trinajstić information content (AvgIpc) is 2.71. The van der Waals surface area contributed by atoms with Crippen LogP contribution in [0.1, 0.15) is 17.5 Å². The Kier molecular flexibility index (Phi) is 8.08. The van der Waals surface area contributed by atoms with Crippen molar-refractivity contribution in [1.29, 1.82) is 0 Å². The van der Waals surface area contributed by atoms with Gasteiger partial charge in [-0.1, -0.05) is 12.1 Å². The van der Waals surface area contributed by atoms with Crippen molar-refractivity contribution in [3.05, 3.63) is 47.7 Å². The zero-order valence-corrected chi connectivity index (χ0v) is 16.7. The molecular weight excluding hydrogens is 358 g/mol. The highest BCUT2D eigenvalue weighted by atomic mass is 16.5. The summed E-state index contributed by atoms with van der Waals surface area (Å²) in [5.74, 6) is 2.40. The third-order valence-electron chi connectivity index (χ3n) is 3.95. The third kappa shape index (κ3) is 6.46. The van der Waals surface area contributed by atoms with E-state index in [0.29, 0.717) is 42.8 Å². The highest BCUT2D eigenvalue weighted by Crippen LogP contribution is 2.27. The number of rotatable bonds is 8. The summed E-state index contributed by atoms with van der Waals surface area (Å²) in [6.45, 7) is 2.95. The second-order valence-corrected chi connectivity index (χ2v) is 6.06. The predicted molar refractivity (Wildman–Crippen MR) is 110 cm³/mol. The van der Waals surface area contributed by atoms with Gasteiger partial charge >= 0.3 is 0 Å². The first-order valence-electron chi connectivity index (χ1n) is 8.93. The van der Waals surface area contributed by atoms with E-state index >= 15 is 0 Å². The SMILES string of the molecule is CN=C(NCCC(=O)Nc1ccc(C)cn1)NCc1ccc(OC)c(OC)c1. The molecule has 1 aromatic carbocycles. The van der Waals surface area contributed by atoms with Gasteiger partial charge in [0.25, 0.3) is 0 Å². The second-order valence-electron chi connectivity index (χ2n) is 6.06. The predicted octanol–water partition coefficient (Wildman–Crippen LogP) is 2.10. The molecule has 1 amide bonds. The number of aromatic nitrogens is 1. The number of hydrogen-bond donors (Lipinski definition) is 3. The number of nitrogens with one attached hydrogen (secondary N) is 3. The molecule has 28 heavy (non-hydrogen) atoms. The molecule has 0 radical (unpaired) electrons. The van der Waals surface area contributed by atoms with Gasteiger partial charge in [0.2, 0.25) is 5.91 Å². The third-order valence-corrected chi connectivity index (χ3v) is 3.95. The van der Waals surface area contributed by atoms with Gasteiger partial charge in [0.15, 0.2) is 17.5 Å². The van der Waals surface area contributed by atoms with Gasteiger partial charge in [-0.25, -0.2) is 4.98 Å². The van der Waals surface area contributed by atoms with Crippen LogP contribution in [-0.2, 0) is 11.3 Å². The van der Waals surface area contributed by atoms with Crippen molar-refractivity contribution in [1.82, 2.24) is 15.6 Å². The van der Waals surface area contributed by atoms with Gasteiger partial charge < -0.3 is 25.4 Å². The van der Waals surface area contributed by atoms with Crippen molar-refractivity contribution >= 4 is 17.7 Å². The number of carbonyl (C=O) groups is 1. The Morgan fingerprint density at radius 3 is 2.54 bits per heavy atom. The van der Waals surface area contributed by atoms with Gasteiger partial charge in [0.1, 0.15) is 5.82 Å². The number of anilines is 1. The van der Waals surface area contributed by atoms with E-state index < -0.39 is 0 Å². The summed E-state index contributed by atoms with van der Waals surface area (Å²) in [4.78, 5) is 20.3. The fourth-order valence-electron chi connectivity index (χ4n) is 2.44. The van der Waals surface area contributed by atoms with E-state index in [1.165, 1.54) is 0 Å². The molecule has 0 fully saturated rings. The van der Waals surface area contributed by atoms with Crippen LogP contribution in [0, 0.1) is 6.92 Å². The molecule has 0 aliphatic carbocycles. The zero-order chi connectivity index (χ0) is 20.4. The first kappa shape index (κ1) is 21.0. The number of guanidine groups is 1. The van der Waals surface area contributed by atoms with Crippen molar-refractivity contribution in [2.24, 2.45) is 4.99 Å². The number of methoxy groups -OCH3 is 2. The lowest BCUT2D eigenvalue weighted by Crippen LogP contribution is -2.38. The van der Waals surface area contributed by atoms with Crippen molar-refractivity contribution in [2.45, 2.75) is 19.9 Å². The summed E-state index contributed by atoms with van der Waals surface area (Å²) in [6.07, 6.45) is 2.01. The van der Waals surface area contributed by atoms with E-state index in [1.807, 2.05) is 31.2 Å². The van der Waals surface area contributed by atoms with Gasteiger partial charge in [-0.2, -0.15) is 0 Å². The molecule has 0 saturated heterocycles. The maximum Gasteiger partial charge on any atom is 0.227 e. The Hall–Kier alpha value is -3.29. The molecule has 0 bridgehead atoms. The molecule has 0 aliphatic rings. The maximum atomic E-state index is 12.0. The Morgan fingerprint density at radius 2 is 1.89 bits per heavy atom. The van der Waals surface area contributed by atoms with E-state index in [9.17, 15) is 4.79 Å². The standard InChI is InChI=1S/C20H27N5O3/c1-14-5-8-18(23-12-14)25-19(26)9-10-22-20(21-2)24-13-15-6-7-16(27-3)17(11-15)28-4/h5-8,11-12H,9-10,13H2,1-4H3,(H2,21,22,24)(H,23,25,26). The van der Waals surface area contributed by atoms with Crippen LogP contribution in [0.4, 0.5) is 5.82 Å². The molecule has 2 rings (SSSR count). The van der Waals surface area contributed by atoms with Crippen molar-refractivity contribution in [3.63, 3.8) is 0 Å². The molecule has 8 heteroatoms. The summed E-state index contributed by atoms with van der Waals surface area (Å²) >= 11 is 0. The second kappa shape index (κ2) is 10.8. The summed E-state index contributed by atoms with van der Waals surface area (Å²) < 4.78 is 10.5. The Morgan fingerprint density at radius 1 is 1.11 bits per heavy atom. The van der Waals surface area contributed by atoms with Gasteiger partial charge in [-0.05, 0) is 36.2 Å². The van der Waals surface area contributed by atoms with Crippen LogP contribution < -0.4 is 25.4 Å². The van der Waals surface area contributed by atoms with Gasteiger partial charge in [-0.3, -0.25) is 9.79 Å². The summed E-state index contributed by atoms with van der Waals surface area (Å²) in [7, 11) is 4.89. The largest absolute Gasteiger partial charge is 0.493 e.